The summed E-state index contributed by atoms with van der Waals surface area (Å²) in [5, 5.41) is 0. The molecule has 2 aliphatic carbocycles. The summed E-state index contributed by atoms with van der Waals surface area (Å²) in [6.07, 6.45) is 5.39. The smallest absolute Gasteiger partial charge is 0.0102 e. The first-order chi connectivity index (χ1) is 9.16. The molecule has 6 atom stereocenters. The van der Waals surface area contributed by atoms with Gasteiger partial charge in [0.15, 0.2) is 0 Å². The van der Waals surface area contributed by atoms with Crippen LogP contribution in [0.3, 0.4) is 0 Å². The van der Waals surface area contributed by atoms with Gasteiger partial charge < -0.3 is 5.73 Å². The molecule has 1 heteroatoms. The standard InChI is InChI=1S/C18H27N/c1-12-8-9-15(10-13(12)2)18(19)17-11-16(17)14-6-4-3-5-7-14/h3-7,12-13,15-18H,8-11,19H2,1-2H3. The van der Waals surface area contributed by atoms with Crippen molar-refractivity contribution in [2.45, 2.75) is 51.5 Å². The summed E-state index contributed by atoms with van der Waals surface area (Å²) in [5.74, 6) is 4.01. The second-order valence-corrected chi connectivity index (χ2v) is 7.02. The summed E-state index contributed by atoms with van der Waals surface area (Å²) < 4.78 is 0. The highest BCUT2D eigenvalue weighted by Gasteiger charge is 2.45. The van der Waals surface area contributed by atoms with Crippen molar-refractivity contribution in [1.82, 2.24) is 0 Å². The summed E-state index contributed by atoms with van der Waals surface area (Å²) in [5.41, 5.74) is 8.09. The fourth-order valence-electron chi connectivity index (χ4n) is 4.01. The second kappa shape index (κ2) is 5.28. The lowest BCUT2D eigenvalue weighted by molar-refractivity contribution is 0.177. The summed E-state index contributed by atoms with van der Waals surface area (Å²) in [7, 11) is 0. The molecule has 0 bridgehead atoms. The molecule has 1 aromatic rings. The predicted molar refractivity (Wildman–Crippen MR) is 80.9 cm³/mol. The third kappa shape index (κ3) is 2.72. The Labute approximate surface area is 117 Å². The van der Waals surface area contributed by atoms with Gasteiger partial charge in [0.1, 0.15) is 0 Å². The van der Waals surface area contributed by atoms with Gasteiger partial charge in [0.05, 0.1) is 0 Å². The molecule has 2 fully saturated rings. The van der Waals surface area contributed by atoms with Gasteiger partial charge in [0.25, 0.3) is 0 Å². The van der Waals surface area contributed by atoms with E-state index in [9.17, 15) is 0 Å². The Morgan fingerprint density at radius 2 is 1.74 bits per heavy atom. The van der Waals surface area contributed by atoms with Crippen molar-refractivity contribution in [2.24, 2.45) is 29.4 Å². The van der Waals surface area contributed by atoms with Gasteiger partial charge in [-0.15, -0.1) is 0 Å². The molecule has 2 saturated carbocycles. The number of hydrogen-bond acceptors (Lipinski definition) is 1. The molecule has 0 saturated heterocycles. The van der Waals surface area contributed by atoms with Gasteiger partial charge in [-0.25, -0.2) is 0 Å². The Kier molecular flexibility index (Phi) is 3.66. The number of nitrogens with two attached hydrogens (primary N) is 1. The average Bonchev–Trinajstić information content (AvgIpc) is 3.22. The van der Waals surface area contributed by atoms with Crippen LogP contribution >= 0.6 is 0 Å². The largest absolute Gasteiger partial charge is 0.327 e. The van der Waals surface area contributed by atoms with Crippen LogP contribution in [0.1, 0.15) is 51.0 Å². The van der Waals surface area contributed by atoms with Crippen molar-refractivity contribution in [3.05, 3.63) is 35.9 Å². The van der Waals surface area contributed by atoms with Crippen LogP contribution in [-0.2, 0) is 0 Å². The van der Waals surface area contributed by atoms with Gasteiger partial charge in [-0.3, -0.25) is 0 Å². The normalized spacial score (nSPS) is 39.8. The molecule has 0 amide bonds. The molecule has 6 unspecified atom stereocenters. The number of benzene rings is 1. The molecule has 2 aliphatic rings. The van der Waals surface area contributed by atoms with E-state index in [-0.39, 0.29) is 0 Å². The molecule has 3 rings (SSSR count). The van der Waals surface area contributed by atoms with E-state index in [1.165, 1.54) is 31.2 Å². The Morgan fingerprint density at radius 1 is 1.00 bits per heavy atom. The molecule has 0 aromatic heterocycles. The van der Waals surface area contributed by atoms with Gasteiger partial charge in [-0.2, -0.15) is 0 Å². The minimum atomic E-state index is 0.431. The van der Waals surface area contributed by atoms with Crippen molar-refractivity contribution < 1.29 is 0 Å². The summed E-state index contributed by atoms with van der Waals surface area (Å²) >= 11 is 0. The maximum Gasteiger partial charge on any atom is 0.0102 e. The van der Waals surface area contributed by atoms with E-state index < -0.39 is 0 Å². The number of hydrogen-bond donors (Lipinski definition) is 1. The zero-order chi connectivity index (χ0) is 13.4. The monoisotopic (exact) mass is 257 g/mol. The van der Waals surface area contributed by atoms with Gasteiger partial charge in [-0.05, 0) is 54.4 Å². The zero-order valence-electron chi connectivity index (χ0n) is 12.3. The molecule has 1 nitrogen and oxygen atoms in total. The third-order valence-corrected chi connectivity index (χ3v) is 5.74. The molecule has 104 valence electrons. The average molecular weight is 257 g/mol. The molecule has 0 aliphatic heterocycles. The van der Waals surface area contributed by atoms with E-state index in [0.29, 0.717) is 6.04 Å². The molecule has 2 N–H and O–H groups in total. The van der Waals surface area contributed by atoms with E-state index >= 15 is 0 Å². The topological polar surface area (TPSA) is 26.0 Å². The first kappa shape index (κ1) is 13.2. The van der Waals surface area contributed by atoms with E-state index in [1.807, 2.05) is 0 Å². The summed E-state index contributed by atoms with van der Waals surface area (Å²) in [4.78, 5) is 0. The lowest BCUT2D eigenvalue weighted by atomic mass is 9.72. The molecular formula is C18H27N. The molecule has 0 radical (unpaired) electrons. The van der Waals surface area contributed by atoms with Crippen LogP contribution in [0.5, 0.6) is 0 Å². The Balaban J connectivity index is 1.59. The van der Waals surface area contributed by atoms with Gasteiger partial charge in [-0.1, -0.05) is 50.6 Å². The van der Waals surface area contributed by atoms with Crippen molar-refractivity contribution in [3.63, 3.8) is 0 Å². The van der Waals surface area contributed by atoms with Crippen LogP contribution in [0, 0.1) is 23.7 Å². The predicted octanol–water partition coefficient (Wildman–Crippen LogP) is 4.19. The summed E-state index contributed by atoms with van der Waals surface area (Å²) in [6, 6.07) is 11.4. The maximum absolute atomic E-state index is 6.59. The van der Waals surface area contributed by atoms with Crippen molar-refractivity contribution in [3.8, 4) is 0 Å². The molecular weight excluding hydrogens is 230 g/mol. The van der Waals surface area contributed by atoms with Crippen molar-refractivity contribution in [1.29, 1.82) is 0 Å². The fourth-order valence-corrected chi connectivity index (χ4v) is 4.01. The van der Waals surface area contributed by atoms with E-state index in [1.54, 1.807) is 0 Å². The van der Waals surface area contributed by atoms with E-state index in [4.69, 9.17) is 5.73 Å². The highest BCUT2D eigenvalue weighted by Crippen LogP contribution is 2.52. The quantitative estimate of drug-likeness (QED) is 0.863. The molecule has 1 aromatic carbocycles. The lowest BCUT2D eigenvalue weighted by Crippen LogP contribution is -2.37. The van der Waals surface area contributed by atoms with Crippen molar-refractivity contribution >= 4 is 0 Å². The Morgan fingerprint density at radius 3 is 2.42 bits per heavy atom. The SMILES string of the molecule is CC1CCC(C(N)C2CC2c2ccccc2)CC1C. The van der Waals surface area contributed by atoms with Gasteiger partial charge in [0.2, 0.25) is 0 Å². The highest BCUT2D eigenvalue weighted by atomic mass is 14.7. The van der Waals surface area contributed by atoms with Crippen LogP contribution in [0.15, 0.2) is 30.3 Å². The van der Waals surface area contributed by atoms with Crippen LogP contribution in [-0.4, -0.2) is 6.04 Å². The van der Waals surface area contributed by atoms with Crippen LogP contribution in [0.2, 0.25) is 0 Å². The molecule has 19 heavy (non-hydrogen) atoms. The highest BCUT2D eigenvalue weighted by molar-refractivity contribution is 5.26. The third-order valence-electron chi connectivity index (χ3n) is 5.74. The van der Waals surface area contributed by atoms with Crippen LogP contribution in [0.25, 0.3) is 0 Å². The van der Waals surface area contributed by atoms with Gasteiger partial charge in [0, 0.05) is 6.04 Å². The number of rotatable bonds is 3. The first-order valence-electron chi connectivity index (χ1n) is 7.97. The minimum absolute atomic E-state index is 0.431. The van der Waals surface area contributed by atoms with Crippen molar-refractivity contribution in [2.75, 3.05) is 0 Å². The summed E-state index contributed by atoms with van der Waals surface area (Å²) in [6.45, 7) is 4.81. The fraction of sp³-hybridized carbons (Fsp3) is 0.667. The first-order valence-corrected chi connectivity index (χ1v) is 7.97. The van der Waals surface area contributed by atoms with Crippen LogP contribution in [0.4, 0.5) is 0 Å². The van der Waals surface area contributed by atoms with Crippen LogP contribution < -0.4 is 5.73 Å². The van der Waals surface area contributed by atoms with E-state index in [2.05, 4.69) is 44.2 Å². The lowest BCUT2D eigenvalue weighted by Gasteiger charge is -2.35. The zero-order valence-corrected chi connectivity index (χ0v) is 12.3. The molecule has 0 spiro atoms. The Bertz CT molecular complexity index is 413. The van der Waals surface area contributed by atoms with Gasteiger partial charge >= 0.3 is 0 Å². The second-order valence-electron chi connectivity index (χ2n) is 7.02. The Hall–Kier alpha value is -0.820. The maximum atomic E-state index is 6.59. The van der Waals surface area contributed by atoms with E-state index in [0.717, 1.165) is 29.6 Å². The minimum Gasteiger partial charge on any atom is -0.327 e. The molecule has 0 heterocycles.